The number of nitrogens with one attached hydrogen (secondary N) is 1. The zero-order valence-corrected chi connectivity index (χ0v) is 14.1. The summed E-state index contributed by atoms with van der Waals surface area (Å²) in [6.07, 6.45) is 1.46. The normalized spacial score (nSPS) is 10.7. The minimum atomic E-state index is -0.283. The summed E-state index contributed by atoms with van der Waals surface area (Å²) in [6, 6.07) is 6.17. The second-order valence-electron chi connectivity index (χ2n) is 5.82. The van der Waals surface area contributed by atoms with Crippen molar-refractivity contribution in [1.29, 1.82) is 0 Å². The van der Waals surface area contributed by atoms with Crippen LogP contribution in [0.4, 0.5) is 4.39 Å². The van der Waals surface area contributed by atoms with Crippen LogP contribution >= 0.6 is 0 Å². The molecule has 0 unspecified atom stereocenters. The lowest BCUT2D eigenvalue weighted by Crippen LogP contribution is -2.41. The number of hydrogen-bond acceptors (Lipinski definition) is 3. The molecule has 6 heteroatoms. The molecule has 0 aliphatic heterocycles. The molecule has 0 spiro atoms. The number of amides is 2. The molecule has 0 saturated heterocycles. The Labute approximate surface area is 137 Å². The number of halogens is 1. The van der Waals surface area contributed by atoms with E-state index in [0.29, 0.717) is 19.5 Å². The highest BCUT2D eigenvalue weighted by molar-refractivity contribution is 5.83. The molecule has 1 rings (SSSR count). The number of nitrogens with zero attached hydrogens (tertiary/aromatic N) is 2. The molecule has 0 aromatic heterocycles. The number of hydrogen-bond donors (Lipinski definition) is 1. The van der Waals surface area contributed by atoms with Crippen molar-refractivity contribution < 1.29 is 14.0 Å². The van der Waals surface area contributed by atoms with Gasteiger partial charge in [0.25, 0.3) is 0 Å². The molecule has 2 amide bonds. The maximum absolute atomic E-state index is 12.9. The van der Waals surface area contributed by atoms with Gasteiger partial charge in [-0.05, 0) is 51.2 Å². The molecule has 5 nitrogen and oxygen atoms in total. The van der Waals surface area contributed by atoms with Gasteiger partial charge in [0.1, 0.15) is 5.82 Å². The molecule has 0 heterocycles. The van der Waals surface area contributed by atoms with Gasteiger partial charge >= 0.3 is 0 Å². The summed E-state index contributed by atoms with van der Waals surface area (Å²) < 4.78 is 12.9. The predicted octanol–water partition coefficient (Wildman–Crippen LogP) is 1.28. The maximum Gasteiger partial charge on any atom is 0.239 e. The van der Waals surface area contributed by atoms with Gasteiger partial charge in [0, 0.05) is 20.0 Å². The monoisotopic (exact) mass is 323 g/mol. The zero-order chi connectivity index (χ0) is 17.2. The van der Waals surface area contributed by atoms with Crippen LogP contribution in [0.3, 0.4) is 0 Å². The molecular weight excluding hydrogens is 297 g/mol. The number of carbonyl (C=O) groups excluding carboxylic acids is 2. The summed E-state index contributed by atoms with van der Waals surface area (Å²) in [6.45, 7) is 3.44. The van der Waals surface area contributed by atoms with Crippen LogP contribution in [0.25, 0.3) is 0 Å². The van der Waals surface area contributed by atoms with Crippen LogP contribution in [-0.4, -0.2) is 61.9 Å². The lowest BCUT2D eigenvalue weighted by atomic mass is 10.1. The fraction of sp³-hybridized carbons (Fsp3) is 0.529. The van der Waals surface area contributed by atoms with E-state index in [1.807, 2.05) is 14.1 Å². The minimum Gasteiger partial charge on any atom is -0.355 e. The number of benzene rings is 1. The minimum absolute atomic E-state index is 0.0541. The van der Waals surface area contributed by atoms with E-state index < -0.39 is 0 Å². The Morgan fingerprint density at radius 2 is 1.78 bits per heavy atom. The molecule has 0 radical (unpaired) electrons. The molecule has 1 aromatic rings. The van der Waals surface area contributed by atoms with Gasteiger partial charge in [0.15, 0.2) is 0 Å². The Morgan fingerprint density at radius 1 is 1.13 bits per heavy atom. The van der Waals surface area contributed by atoms with E-state index >= 15 is 0 Å². The van der Waals surface area contributed by atoms with Crippen molar-refractivity contribution in [2.75, 3.05) is 40.3 Å². The van der Waals surface area contributed by atoms with Crippen molar-refractivity contribution in [2.45, 2.75) is 19.8 Å². The van der Waals surface area contributed by atoms with Crippen LogP contribution in [0, 0.1) is 5.82 Å². The summed E-state index contributed by atoms with van der Waals surface area (Å²) in [5, 5.41) is 2.82. The molecule has 128 valence electrons. The van der Waals surface area contributed by atoms with Gasteiger partial charge in [-0.1, -0.05) is 12.1 Å². The quantitative estimate of drug-likeness (QED) is 0.697. The molecular formula is C17H26FN3O2. The first-order chi connectivity index (χ1) is 10.9. The Bertz CT molecular complexity index is 503. The number of carbonyl (C=O) groups is 2. The summed E-state index contributed by atoms with van der Waals surface area (Å²) in [7, 11) is 3.96. The molecule has 1 N–H and O–H groups in total. The van der Waals surface area contributed by atoms with Gasteiger partial charge in [0.2, 0.25) is 11.8 Å². The lowest BCUT2D eigenvalue weighted by Gasteiger charge is -2.20. The fourth-order valence-corrected chi connectivity index (χ4v) is 2.12. The van der Waals surface area contributed by atoms with E-state index in [-0.39, 0.29) is 24.2 Å². The third-order valence-corrected chi connectivity index (χ3v) is 3.47. The van der Waals surface area contributed by atoms with Crippen molar-refractivity contribution in [3.63, 3.8) is 0 Å². The second-order valence-corrected chi connectivity index (χ2v) is 5.82. The van der Waals surface area contributed by atoms with Crippen LogP contribution in [0.5, 0.6) is 0 Å². The standard InChI is InChI=1S/C17H26FN3O2/c1-14(22)21(12-9-15-5-7-16(18)8-6-15)13-17(23)19-10-4-11-20(2)3/h5-8H,4,9-13H2,1-3H3,(H,19,23). The smallest absolute Gasteiger partial charge is 0.239 e. The van der Waals surface area contributed by atoms with Gasteiger partial charge < -0.3 is 15.1 Å². The predicted molar refractivity (Wildman–Crippen MR) is 88.5 cm³/mol. The van der Waals surface area contributed by atoms with Crippen LogP contribution in [0.1, 0.15) is 18.9 Å². The Hall–Kier alpha value is -1.95. The van der Waals surface area contributed by atoms with Crippen molar-refractivity contribution in [2.24, 2.45) is 0 Å². The fourth-order valence-electron chi connectivity index (χ4n) is 2.12. The Morgan fingerprint density at radius 3 is 2.35 bits per heavy atom. The lowest BCUT2D eigenvalue weighted by molar-refractivity contribution is -0.134. The first kappa shape index (κ1) is 19.1. The van der Waals surface area contributed by atoms with Gasteiger partial charge in [-0.25, -0.2) is 4.39 Å². The van der Waals surface area contributed by atoms with E-state index in [1.165, 1.54) is 24.0 Å². The van der Waals surface area contributed by atoms with E-state index in [2.05, 4.69) is 10.2 Å². The number of rotatable bonds is 9. The molecule has 0 bridgehead atoms. The van der Waals surface area contributed by atoms with Gasteiger partial charge in [-0.15, -0.1) is 0 Å². The van der Waals surface area contributed by atoms with E-state index in [9.17, 15) is 14.0 Å². The molecule has 0 saturated carbocycles. The third kappa shape index (κ3) is 8.30. The van der Waals surface area contributed by atoms with Crippen molar-refractivity contribution >= 4 is 11.8 Å². The molecule has 0 aliphatic carbocycles. The molecule has 0 atom stereocenters. The highest BCUT2D eigenvalue weighted by Gasteiger charge is 2.13. The SMILES string of the molecule is CC(=O)N(CCc1ccc(F)cc1)CC(=O)NCCCN(C)C. The van der Waals surface area contributed by atoms with Gasteiger partial charge in [0.05, 0.1) is 6.54 Å². The maximum atomic E-state index is 12.9. The topological polar surface area (TPSA) is 52.7 Å². The van der Waals surface area contributed by atoms with Crippen molar-refractivity contribution in [1.82, 2.24) is 15.1 Å². The summed E-state index contributed by atoms with van der Waals surface area (Å²) in [4.78, 5) is 27.1. The van der Waals surface area contributed by atoms with E-state index in [1.54, 1.807) is 12.1 Å². The molecule has 1 aromatic carbocycles. The second kappa shape index (κ2) is 9.94. The molecule has 0 aliphatic rings. The van der Waals surface area contributed by atoms with Crippen molar-refractivity contribution in [3.05, 3.63) is 35.6 Å². The largest absolute Gasteiger partial charge is 0.355 e. The van der Waals surface area contributed by atoms with Crippen LogP contribution < -0.4 is 5.32 Å². The molecule has 23 heavy (non-hydrogen) atoms. The average molecular weight is 323 g/mol. The summed E-state index contributed by atoms with van der Waals surface area (Å²) in [5.41, 5.74) is 0.934. The highest BCUT2D eigenvalue weighted by atomic mass is 19.1. The highest BCUT2D eigenvalue weighted by Crippen LogP contribution is 2.05. The molecule has 0 fully saturated rings. The zero-order valence-electron chi connectivity index (χ0n) is 14.1. The van der Waals surface area contributed by atoms with Crippen molar-refractivity contribution in [3.8, 4) is 0 Å². The van der Waals surface area contributed by atoms with Crippen LogP contribution in [0.15, 0.2) is 24.3 Å². The van der Waals surface area contributed by atoms with Crippen LogP contribution in [0.2, 0.25) is 0 Å². The van der Waals surface area contributed by atoms with Gasteiger partial charge in [-0.3, -0.25) is 9.59 Å². The van der Waals surface area contributed by atoms with Gasteiger partial charge in [-0.2, -0.15) is 0 Å². The first-order valence-corrected chi connectivity index (χ1v) is 7.80. The Kier molecular flexibility index (Phi) is 8.26. The Balaban J connectivity index is 2.37. The average Bonchev–Trinajstić information content (AvgIpc) is 2.49. The first-order valence-electron chi connectivity index (χ1n) is 7.80. The van der Waals surface area contributed by atoms with Crippen LogP contribution in [-0.2, 0) is 16.0 Å². The third-order valence-electron chi connectivity index (χ3n) is 3.47. The van der Waals surface area contributed by atoms with E-state index in [4.69, 9.17) is 0 Å². The summed E-state index contributed by atoms with van der Waals surface area (Å²) >= 11 is 0. The summed E-state index contributed by atoms with van der Waals surface area (Å²) in [5.74, 6) is -0.581. The van der Waals surface area contributed by atoms with E-state index in [0.717, 1.165) is 18.5 Å².